The van der Waals surface area contributed by atoms with E-state index < -0.39 is 11.3 Å². The standard InChI is InChI=1S/C9H9NO3S/c1-13-8(11)10(9(12)14)7-5-3-2-4-6-7/h2-6H,1H3,(H,12,14). The second-order valence-electron chi connectivity index (χ2n) is 2.42. The summed E-state index contributed by atoms with van der Waals surface area (Å²) in [5.41, 5.74) is 0.430. The van der Waals surface area contributed by atoms with Gasteiger partial charge in [-0.1, -0.05) is 30.8 Å². The summed E-state index contributed by atoms with van der Waals surface area (Å²) in [6.45, 7) is 0. The Morgan fingerprint density at radius 1 is 1.29 bits per heavy atom. The van der Waals surface area contributed by atoms with Crippen LogP contribution in [0.4, 0.5) is 15.3 Å². The number of ether oxygens (including phenoxy) is 1. The number of benzene rings is 1. The number of para-hydroxylation sites is 1. The van der Waals surface area contributed by atoms with E-state index >= 15 is 0 Å². The Labute approximate surface area is 86.9 Å². The number of amides is 2. The summed E-state index contributed by atoms with van der Waals surface area (Å²) in [5.74, 6) is 0. The van der Waals surface area contributed by atoms with Crippen LogP contribution in [0.3, 0.4) is 0 Å². The Kier molecular flexibility index (Phi) is 3.53. The third-order valence-electron chi connectivity index (χ3n) is 1.56. The molecule has 1 aromatic rings. The molecular weight excluding hydrogens is 202 g/mol. The third-order valence-corrected chi connectivity index (χ3v) is 1.76. The lowest BCUT2D eigenvalue weighted by Gasteiger charge is -2.16. The third kappa shape index (κ3) is 2.26. The zero-order valence-electron chi connectivity index (χ0n) is 7.51. The molecule has 0 heterocycles. The van der Waals surface area contributed by atoms with Crippen molar-refractivity contribution in [1.82, 2.24) is 0 Å². The summed E-state index contributed by atoms with van der Waals surface area (Å²) in [4.78, 5) is 23.1. The number of imide groups is 1. The molecule has 0 saturated carbocycles. The van der Waals surface area contributed by atoms with E-state index in [1.54, 1.807) is 30.3 Å². The minimum atomic E-state index is -0.754. The molecule has 0 aliphatic rings. The number of anilines is 1. The second-order valence-corrected chi connectivity index (χ2v) is 2.81. The van der Waals surface area contributed by atoms with Gasteiger partial charge in [-0.05, 0) is 12.1 Å². The van der Waals surface area contributed by atoms with Crippen LogP contribution in [-0.2, 0) is 4.74 Å². The Balaban J connectivity index is 3.01. The molecule has 0 aromatic heterocycles. The maximum absolute atomic E-state index is 11.2. The SMILES string of the molecule is COC(=O)N(C(=O)S)c1ccccc1. The van der Waals surface area contributed by atoms with Gasteiger partial charge in [0.15, 0.2) is 0 Å². The van der Waals surface area contributed by atoms with Crippen LogP contribution in [0.1, 0.15) is 0 Å². The van der Waals surface area contributed by atoms with Gasteiger partial charge in [0.2, 0.25) is 0 Å². The Hall–Kier alpha value is -1.49. The first-order valence-electron chi connectivity index (χ1n) is 3.83. The average Bonchev–Trinajstić information content (AvgIpc) is 2.19. The van der Waals surface area contributed by atoms with Crippen LogP contribution in [-0.4, -0.2) is 18.4 Å². The molecule has 0 radical (unpaired) electrons. The van der Waals surface area contributed by atoms with Crippen molar-refractivity contribution in [2.45, 2.75) is 0 Å². The molecule has 5 heteroatoms. The van der Waals surface area contributed by atoms with Crippen molar-refractivity contribution in [3.8, 4) is 0 Å². The first kappa shape index (κ1) is 10.6. The molecular formula is C9H9NO3S. The fourth-order valence-corrected chi connectivity index (χ4v) is 1.16. The van der Waals surface area contributed by atoms with Gasteiger partial charge in [0.05, 0.1) is 12.8 Å². The van der Waals surface area contributed by atoms with E-state index in [9.17, 15) is 9.59 Å². The van der Waals surface area contributed by atoms with E-state index in [0.29, 0.717) is 5.69 Å². The molecule has 1 aromatic carbocycles. The van der Waals surface area contributed by atoms with E-state index in [0.717, 1.165) is 4.90 Å². The van der Waals surface area contributed by atoms with Gasteiger partial charge >= 0.3 is 6.09 Å². The number of thiol groups is 1. The summed E-state index contributed by atoms with van der Waals surface area (Å²) < 4.78 is 4.45. The zero-order chi connectivity index (χ0) is 10.6. The second kappa shape index (κ2) is 4.66. The molecule has 14 heavy (non-hydrogen) atoms. The highest BCUT2D eigenvalue weighted by atomic mass is 32.1. The molecule has 2 amide bonds. The molecule has 0 bridgehead atoms. The van der Waals surface area contributed by atoms with Gasteiger partial charge in [-0.15, -0.1) is 0 Å². The summed E-state index contributed by atoms with van der Waals surface area (Å²) in [5, 5.41) is -0.678. The van der Waals surface area contributed by atoms with Gasteiger partial charge in [0, 0.05) is 0 Å². The maximum atomic E-state index is 11.2. The van der Waals surface area contributed by atoms with Crippen molar-refractivity contribution in [3.63, 3.8) is 0 Å². The van der Waals surface area contributed by atoms with Crippen LogP contribution in [0.25, 0.3) is 0 Å². The van der Waals surface area contributed by atoms with E-state index in [1.165, 1.54) is 7.11 Å². The Bertz CT molecular complexity index is 339. The topological polar surface area (TPSA) is 46.6 Å². The number of carbonyl (C=O) groups excluding carboxylic acids is 2. The van der Waals surface area contributed by atoms with Gasteiger partial charge < -0.3 is 4.74 Å². The van der Waals surface area contributed by atoms with E-state index in [4.69, 9.17) is 0 Å². The normalized spacial score (nSPS) is 9.29. The minimum Gasteiger partial charge on any atom is -0.452 e. The molecule has 0 N–H and O–H groups in total. The van der Waals surface area contributed by atoms with Gasteiger partial charge in [0.1, 0.15) is 0 Å². The lowest BCUT2D eigenvalue weighted by Crippen LogP contribution is -2.32. The van der Waals surface area contributed by atoms with Gasteiger partial charge in [-0.2, -0.15) is 0 Å². The van der Waals surface area contributed by atoms with Crippen LogP contribution in [0.2, 0.25) is 0 Å². The highest BCUT2D eigenvalue weighted by Crippen LogP contribution is 2.16. The molecule has 0 atom stereocenters. The highest BCUT2D eigenvalue weighted by molar-refractivity contribution is 7.97. The molecule has 4 nitrogen and oxygen atoms in total. The zero-order valence-corrected chi connectivity index (χ0v) is 8.40. The van der Waals surface area contributed by atoms with Gasteiger partial charge in [-0.3, -0.25) is 4.79 Å². The molecule has 1 rings (SSSR count). The first-order chi connectivity index (χ1) is 6.66. The number of hydrogen-bond acceptors (Lipinski definition) is 3. The van der Waals surface area contributed by atoms with Crippen LogP contribution < -0.4 is 4.90 Å². The fraction of sp³-hybridized carbons (Fsp3) is 0.111. The number of hydrogen-bond donors (Lipinski definition) is 1. The Morgan fingerprint density at radius 2 is 1.86 bits per heavy atom. The van der Waals surface area contributed by atoms with E-state index in [-0.39, 0.29) is 0 Å². The van der Waals surface area contributed by atoms with Crippen molar-refractivity contribution in [2.75, 3.05) is 12.0 Å². The van der Waals surface area contributed by atoms with Crippen molar-refractivity contribution in [2.24, 2.45) is 0 Å². The van der Waals surface area contributed by atoms with Crippen molar-refractivity contribution in [1.29, 1.82) is 0 Å². The number of carbonyl (C=O) groups is 2. The predicted molar refractivity (Wildman–Crippen MR) is 55.7 cm³/mol. The molecule has 74 valence electrons. The molecule has 0 spiro atoms. The van der Waals surface area contributed by atoms with Crippen LogP contribution in [0.15, 0.2) is 30.3 Å². The lowest BCUT2D eigenvalue weighted by atomic mass is 10.3. The van der Waals surface area contributed by atoms with Crippen LogP contribution in [0.5, 0.6) is 0 Å². The predicted octanol–water partition coefficient (Wildman–Crippen LogP) is 2.31. The van der Waals surface area contributed by atoms with Gasteiger partial charge in [0.25, 0.3) is 5.24 Å². The molecule has 0 aliphatic carbocycles. The monoisotopic (exact) mass is 211 g/mol. The Morgan fingerprint density at radius 3 is 2.29 bits per heavy atom. The quantitative estimate of drug-likeness (QED) is 0.725. The highest BCUT2D eigenvalue weighted by Gasteiger charge is 2.20. The summed E-state index contributed by atoms with van der Waals surface area (Å²) in [6.07, 6.45) is -0.754. The number of rotatable bonds is 1. The summed E-state index contributed by atoms with van der Waals surface area (Å²) in [7, 11) is 1.20. The van der Waals surface area contributed by atoms with E-state index in [1.807, 2.05) is 0 Å². The first-order valence-corrected chi connectivity index (χ1v) is 4.27. The summed E-state index contributed by atoms with van der Waals surface area (Å²) in [6, 6.07) is 8.43. The number of nitrogens with zero attached hydrogens (tertiary/aromatic N) is 1. The summed E-state index contributed by atoms with van der Waals surface area (Å²) >= 11 is 3.58. The fourth-order valence-electron chi connectivity index (χ4n) is 0.962. The van der Waals surface area contributed by atoms with Crippen molar-refractivity contribution in [3.05, 3.63) is 30.3 Å². The van der Waals surface area contributed by atoms with Crippen LogP contribution in [0, 0.1) is 0 Å². The van der Waals surface area contributed by atoms with Crippen molar-refractivity contribution < 1.29 is 14.3 Å². The molecule has 0 saturated heterocycles. The largest absolute Gasteiger partial charge is 0.452 e. The van der Waals surface area contributed by atoms with Gasteiger partial charge in [-0.25, -0.2) is 9.69 Å². The van der Waals surface area contributed by atoms with Crippen LogP contribution >= 0.6 is 12.6 Å². The minimum absolute atomic E-state index is 0.430. The maximum Gasteiger partial charge on any atom is 0.421 e. The average molecular weight is 211 g/mol. The lowest BCUT2D eigenvalue weighted by molar-refractivity contribution is 0.180. The number of methoxy groups -OCH3 is 1. The smallest absolute Gasteiger partial charge is 0.421 e. The van der Waals surface area contributed by atoms with E-state index in [2.05, 4.69) is 17.4 Å². The van der Waals surface area contributed by atoms with Crippen molar-refractivity contribution >= 4 is 29.6 Å². The molecule has 0 aliphatic heterocycles. The molecule has 0 fully saturated rings. The molecule has 0 unspecified atom stereocenters.